The molecule has 0 aromatic heterocycles. The Hall–Kier alpha value is -4.15. The average Bonchev–Trinajstić information content (AvgIpc) is 3.15. The van der Waals surface area contributed by atoms with Crippen molar-refractivity contribution in [3.05, 3.63) is 107 Å². The van der Waals surface area contributed by atoms with E-state index in [9.17, 15) is 15.3 Å². The number of para-hydroxylation sites is 1. The molecule has 1 fully saturated rings. The fourth-order valence-corrected chi connectivity index (χ4v) is 5.24. The monoisotopic (exact) mass is 415 g/mol. The lowest BCUT2D eigenvalue weighted by atomic mass is 9.69. The second kappa shape index (κ2) is 7.52. The van der Waals surface area contributed by atoms with Gasteiger partial charge >= 0.3 is 0 Å². The molecular weight excluding hydrogens is 394 g/mol. The van der Waals surface area contributed by atoms with Crippen LogP contribution in [0.25, 0.3) is 6.08 Å². The summed E-state index contributed by atoms with van der Waals surface area (Å²) >= 11 is 0. The zero-order chi connectivity index (χ0) is 22.3. The minimum absolute atomic E-state index is 0.0837. The van der Waals surface area contributed by atoms with Crippen LogP contribution >= 0.6 is 0 Å². The molecule has 0 spiro atoms. The smallest absolute Gasteiger partial charge is 0.185 e. The SMILES string of the molecule is Cc1cccc([C@@H]2[C@H](C(=O)c3ccccc3)N3c4ccccc4C=C[C@@H]3C2(C#N)C#N)c1. The Morgan fingerprint density at radius 1 is 0.938 bits per heavy atom. The van der Waals surface area contributed by atoms with Gasteiger partial charge in [-0.15, -0.1) is 0 Å². The number of rotatable bonds is 3. The number of aryl methyl sites for hydroxylation is 1. The third-order valence-corrected chi connectivity index (χ3v) is 6.64. The molecule has 4 nitrogen and oxygen atoms in total. The van der Waals surface area contributed by atoms with Crippen LogP contribution in [-0.4, -0.2) is 17.9 Å². The third kappa shape index (κ3) is 2.77. The highest BCUT2D eigenvalue weighted by Gasteiger charge is 2.63. The Morgan fingerprint density at radius 2 is 1.66 bits per heavy atom. The maximum atomic E-state index is 14.0. The normalized spacial score (nSPS) is 22.3. The van der Waals surface area contributed by atoms with Crippen LogP contribution in [0, 0.1) is 35.0 Å². The lowest BCUT2D eigenvalue weighted by Gasteiger charge is -2.35. The summed E-state index contributed by atoms with van der Waals surface area (Å²) in [5.74, 6) is -0.689. The summed E-state index contributed by atoms with van der Waals surface area (Å²) in [6, 6.07) is 28.3. The minimum Gasteiger partial charge on any atom is -0.351 e. The number of fused-ring (bicyclic) bond motifs is 3. The van der Waals surface area contributed by atoms with Crippen LogP contribution < -0.4 is 4.90 Å². The first-order valence-electron chi connectivity index (χ1n) is 10.6. The summed E-state index contributed by atoms with van der Waals surface area (Å²) in [4.78, 5) is 16.0. The highest BCUT2D eigenvalue weighted by Crippen LogP contribution is 2.55. The van der Waals surface area contributed by atoms with Crippen molar-refractivity contribution in [2.45, 2.75) is 24.9 Å². The first kappa shape index (κ1) is 19.8. The van der Waals surface area contributed by atoms with Gasteiger partial charge in [0.05, 0.1) is 18.2 Å². The van der Waals surface area contributed by atoms with Crippen LogP contribution in [0.15, 0.2) is 84.9 Å². The highest BCUT2D eigenvalue weighted by molar-refractivity contribution is 6.04. The van der Waals surface area contributed by atoms with Crippen molar-refractivity contribution < 1.29 is 4.79 Å². The zero-order valence-electron chi connectivity index (χ0n) is 17.6. The van der Waals surface area contributed by atoms with Gasteiger partial charge in [0.1, 0.15) is 6.04 Å². The van der Waals surface area contributed by atoms with E-state index in [1.807, 2.05) is 90.7 Å². The van der Waals surface area contributed by atoms with Gasteiger partial charge in [0.2, 0.25) is 0 Å². The highest BCUT2D eigenvalue weighted by atomic mass is 16.1. The molecule has 0 saturated carbocycles. The van der Waals surface area contributed by atoms with E-state index in [4.69, 9.17) is 0 Å². The first-order chi connectivity index (χ1) is 15.6. The van der Waals surface area contributed by atoms with Crippen molar-refractivity contribution in [2.75, 3.05) is 4.90 Å². The Kier molecular flexibility index (Phi) is 4.65. The maximum absolute atomic E-state index is 14.0. The van der Waals surface area contributed by atoms with E-state index in [-0.39, 0.29) is 5.78 Å². The molecule has 0 N–H and O–H groups in total. The predicted octanol–water partition coefficient (Wildman–Crippen LogP) is 5.28. The van der Waals surface area contributed by atoms with E-state index in [2.05, 4.69) is 12.1 Å². The number of nitriles is 2. The molecule has 0 unspecified atom stereocenters. The fraction of sp³-hybridized carbons (Fsp3) is 0.179. The van der Waals surface area contributed by atoms with E-state index in [1.54, 1.807) is 12.1 Å². The topological polar surface area (TPSA) is 67.9 Å². The van der Waals surface area contributed by atoms with Gasteiger partial charge in [-0.3, -0.25) is 4.79 Å². The fourth-order valence-electron chi connectivity index (χ4n) is 5.24. The van der Waals surface area contributed by atoms with Crippen molar-refractivity contribution in [2.24, 2.45) is 5.41 Å². The van der Waals surface area contributed by atoms with Gasteiger partial charge in [-0.25, -0.2) is 0 Å². The number of carbonyl (C=O) groups excluding carboxylic acids is 1. The van der Waals surface area contributed by atoms with Gasteiger partial charge in [0.25, 0.3) is 0 Å². The van der Waals surface area contributed by atoms with Crippen molar-refractivity contribution in [3.8, 4) is 12.1 Å². The van der Waals surface area contributed by atoms with E-state index >= 15 is 0 Å². The second-order valence-electron chi connectivity index (χ2n) is 8.43. The summed E-state index contributed by atoms with van der Waals surface area (Å²) in [6.07, 6.45) is 3.87. The Balaban J connectivity index is 1.80. The third-order valence-electron chi connectivity index (χ3n) is 6.64. The van der Waals surface area contributed by atoms with Crippen LogP contribution in [0.1, 0.15) is 33.0 Å². The summed E-state index contributed by atoms with van der Waals surface area (Å²) < 4.78 is 0. The van der Waals surface area contributed by atoms with Crippen molar-refractivity contribution in [3.63, 3.8) is 0 Å². The molecule has 2 aliphatic heterocycles. The number of anilines is 1. The van der Waals surface area contributed by atoms with Gasteiger partial charge in [0, 0.05) is 17.2 Å². The number of ketones is 1. The van der Waals surface area contributed by atoms with Gasteiger partial charge in [-0.2, -0.15) is 10.5 Å². The number of hydrogen-bond acceptors (Lipinski definition) is 4. The molecule has 3 aromatic carbocycles. The van der Waals surface area contributed by atoms with E-state index in [0.29, 0.717) is 5.56 Å². The predicted molar refractivity (Wildman–Crippen MR) is 124 cm³/mol. The van der Waals surface area contributed by atoms with E-state index in [1.165, 1.54) is 0 Å². The van der Waals surface area contributed by atoms with Crippen LogP contribution in [0.4, 0.5) is 5.69 Å². The zero-order valence-corrected chi connectivity index (χ0v) is 17.6. The van der Waals surface area contributed by atoms with Crippen molar-refractivity contribution >= 4 is 17.5 Å². The van der Waals surface area contributed by atoms with Gasteiger partial charge in [0.15, 0.2) is 11.2 Å². The second-order valence-corrected chi connectivity index (χ2v) is 8.43. The molecule has 0 bridgehead atoms. The van der Waals surface area contributed by atoms with Crippen LogP contribution in [-0.2, 0) is 0 Å². The van der Waals surface area contributed by atoms with Crippen molar-refractivity contribution in [1.29, 1.82) is 10.5 Å². The summed E-state index contributed by atoms with van der Waals surface area (Å²) in [6.45, 7) is 1.98. The Labute approximate surface area is 187 Å². The number of benzene rings is 3. The molecule has 0 radical (unpaired) electrons. The summed E-state index contributed by atoms with van der Waals surface area (Å²) in [5, 5.41) is 20.9. The number of Topliss-reactive ketones (excluding diaryl/α,β-unsaturated/α-hetero) is 1. The number of nitrogens with zero attached hydrogens (tertiary/aromatic N) is 3. The van der Waals surface area contributed by atoms with Crippen LogP contribution in [0.5, 0.6) is 0 Å². The molecule has 0 amide bonds. The molecule has 0 aliphatic carbocycles. The lowest BCUT2D eigenvalue weighted by Crippen LogP contribution is -2.44. The van der Waals surface area contributed by atoms with Gasteiger partial charge in [-0.05, 0) is 24.1 Å². The molecule has 32 heavy (non-hydrogen) atoms. The van der Waals surface area contributed by atoms with Crippen molar-refractivity contribution in [1.82, 2.24) is 0 Å². The molecule has 3 atom stereocenters. The molecular formula is C28H21N3O. The summed E-state index contributed by atoms with van der Waals surface area (Å²) in [7, 11) is 0. The molecule has 5 rings (SSSR count). The van der Waals surface area contributed by atoms with Crippen LogP contribution in [0.2, 0.25) is 0 Å². The van der Waals surface area contributed by atoms with Gasteiger partial charge < -0.3 is 4.90 Å². The quantitative estimate of drug-likeness (QED) is 0.546. The Morgan fingerprint density at radius 3 is 2.38 bits per heavy atom. The number of carbonyl (C=O) groups is 1. The number of hydrogen-bond donors (Lipinski definition) is 0. The minimum atomic E-state index is -1.41. The molecule has 154 valence electrons. The van der Waals surface area contributed by atoms with E-state index in [0.717, 1.165) is 22.4 Å². The lowest BCUT2D eigenvalue weighted by molar-refractivity contribution is 0.0951. The van der Waals surface area contributed by atoms with Gasteiger partial charge in [-0.1, -0.05) is 90.5 Å². The molecule has 2 heterocycles. The summed E-state index contributed by atoms with van der Waals surface area (Å²) in [5.41, 5.74) is 2.88. The van der Waals surface area contributed by atoms with Crippen LogP contribution in [0.3, 0.4) is 0 Å². The maximum Gasteiger partial charge on any atom is 0.185 e. The van der Waals surface area contributed by atoms with E-state index < -0.39 is 23.4 Å². The molecule has 2 aliphatic rings. The molecule has 4 heteroatoms. The largest absolute Gasteiger partial charge is 0.351 e. The molecule has 1 saturated heterocycles. The Bertz CT molecular complexity index is 1300. The average molecular weight is 415 g/mol. The molecule has 3 aromatic rings. The first-order valence-corrected chi connectivity index (χ1v) is 10.6. The standard InChI is InChI=1S/C28H21N3O/c1-19-8-7-12-22(16-19)25-26(27(32)21-10-3-2-4-11-21)31-23-13-6-5-9-20(23)14-15-24(31)28(25,17-29)18-30/h2-16,24-26H,1H3/t24-,25-,26-/m1/s1.